The molecule has 2 unspecified atom stereocenters. The Bertz CT molecular complexity index is 198. The Balaban J connectivity index is 2.87. The standard InChI is InChI=1S/C6H6Cl2FN/c7-5-3-4(10)1-2-6(5,8)9/h1-4H,10H2. The first-order chi connectivity index (χ1) is 4.52. The van der Waals surface area contributed by atoms with Crippen molar-refractivity contribution in [3.8, 4) is 0 Å². The van der Waals surface area contributed by atoms with Crippen LogP contribution in [0.1, 0.15) is 0 Å². The number of hydrogen-bond donors (Lipinski definition) is 1. The summed E-state index contributed by atoms with van der Waals surface area (Å²) in [6.07, 6.45) is 3.97. The zero-order valence-electron chi connectivity index (χ0n) is 5.02. The highest BCUT2D eigenvalue weighted by molar-refractivity contribution is 6.39. The van der Waals surface area contributed by atoms with Crippen molar-refractivity contribution < 1.29 is 4.39 Å². The van der Waals surface area contributed by atoms with E-state index >= 15 is 0 Å². The van der Waals surface area contributed by atoms with E-state index in [1.54, 1.807) is 0 Å². The van der Waals surface area contributed by atoms with Gasteiger partial charge >= 0.3 is 0 Å². The highest BCUT2D eigenvalue weighted by Gasteiger charge is 2.29. The summed E-state index contributed by atoms with van der Waals surface area (Å²) >= 11 is 10.7. The molecule has 0 radical (unpaired) electrons. The first-order valence-electron chi connectivity index (χ1n) is 2.73. The summed E-state index contributed by atoms with van der Waals surface area (Å²) in [5.41, 5.74) is 5.37. The van der Waals surface area contributed by atoms with Crippen molar-refractivity contribution in [2.75, 3.05) is 0 Å². The second-order valence-corrected chi connectivity index (χ2v) is 3.03. The normalized spacial score (nSPS) is 39.6. The van der Waals surface area contributed by atoms with Crippen LogP contribution in [-0.4, -0.2) is 11.2 Å². The minimum Gasteiger partial charge on any atom is -0.321 e. The minimum atomic E-state index is -2.04. The van der Waals surface area contributed by atoms with Crippen molar-refractivity contribution in [2.24, 2.45) is 5.73 Å². The predicted molar refractivity (Wildman–Crippen MR) is 40.7 cm³/mol. The third-order valence-corrected chi connectivity index (χ3v) is 2.01. The van der Waals surface area contributed by atoms with Crippen molar-refractivity contribution in [1.82, 2.24) is 0 Å². The Hall–Kier alpha value is -0.0500. The van der Waals surface area contributed by atoms with Gasteiger partial charge in [0.05, 0.1) is 5.03 Å². The van der Waals surface area contributed by atoms with Crippen LogP contribution in [-0.2, 0) is 0 Å². The first kappa shape index (κ1) is 8.05. The van der Waals surface area contributed by atoms with Gasteiger partial charge in [-0.1, -0.05) is 29.3 Å². The zero-order chi connectivity index (χ0) is 7.78. The maximum absolute atomic E-state index is 12.9. The molecule has 1 rings (SSSR count). The topological polar surface area (TPSA) is 26.0 Å². The van der Waals surface area contributed by atoms with Crippen LogP contribution in [0.5, 0.6) is 0 Å². The first-order valence-corrected chi connectivity index (χ1v) is 3.48. The molecule has 2 atom stereocenters. The maximum Gasteiger partial charge on any atom is 0.237 e. The third-order valence-electron chi connectivity index (χ3n) is 1.18. The van der Waals surface area contributed by atoms with Crippen LogP contribution in [0.2, 0.25) is 0 Å². The average Bonchev–Trinajstić information content (AvgIpc) is 1.81. The van der Waals surface area contributed by atoms with Crippen LogP contribution in [0.25, 0.3) is 0 Å². The monoisotopic (exact) mass is 181 g/mol. The largest absolute Gasteiger partial charge is 0.321 e. The van der Waals surface area contributed by atoms with Crippen LogP contribution in [0.15, 0.2) is 23.3 Å². The lowest BCUT2D eigenvalue weighted by molar-refractivity contribution is 0.405. The Labute approximate surface area is 68.3 Å². The zero-order valence-corrected chi connectivity index (χ0v) is 6.53. The molecule has 1 nitrogen and oxygen atoms in total. The molecule has 0 aliphatic heterocycles. The van der Waals surface area contributed by atoms with Crippen LogP contribution in [0, 0.1) is 0 Å². The van der Waals surface area contributed by atoms with E-state index in [0.717, 1.165) is 6.08 Å². The lowest BCUT2D eigenvalue weighted by Gasteiger charge is -2.17. The van der Waals surface area contributed by atoms with E-state index in [4.69, 9.17) is 28.9 Å². The molecular formula is C6H6Cl2FN. The van der Waals surface area contributed by atoms with E-state index in [-0.39, 0.29) is 11.1 Å². The van der Waals surface area contributed by atoms with Gasteiger partial charge in [-0.3, -0.25) is 0 Å². The van der Waals surface area contributed by atoms with Gasteiger partial charge in [0.25, 0.3) is 0 Å². The van der Waals surface area contributed by atoms with Crippen molar-refractivity contribution in [3.63, 3.8) is 0 Å². The van der Waals surface area contributed by atoms with E-state index in [2.05, 4.69) is 0 Å². The molecule has 0 amide bonds. The molecule has 0 aromatic heterocycles. The molecule has 4 heteroatoms. The smallest absolute Gasteiger partial charge is 0.237 e. The quantitative estimate of drug-likeness (QED) is 0.449. The van der Waals surface area contributed by atoms with Crippen LogP contribution in [0.3, 0.4) is 0 Å². The fraction of sp³-hybridized carbons (Fsp3) is 0.333. The lowest BCUT2D eigenvalue weighted by Crippen LogP contribution is -2.23. The molecule has 0 saturated heterocycles. The lowest BCUT2D eigenvalue weighted by atomic mass is 10.1. The van der Waals surface area contributed by atoms with Crippen molar-refractivity contribution in [3.05, 3.63) is 23.3 Å². The van der Waals surface area contributed by atoms with Gasteiger partial charge in [-0.15, -0.1) is 0 Å². The Morgan fingerprint density at radius 1 is 1.70 bits per heavy atom. The van der Waals surface area contributed by atoms with Crippen molar-refractivity contribution in [1.29, 1.82) is 0 Å². The van der Waals surface area contributed by atoms with E-state index in [0.29, 0.717) is 0 Å². The minimum absolute atomic E-state index is 0.0656. The van der Waals surface area contributed by atoms with Gasteiger partial charge in [0, 0.05) is 6.04 Å². The fourth-order valence-corrected chi connectivity index (χ4v) is 0.991. The van der Waals surface area contributed by atoms with E-state index in [9.17, 15) is 4.39 Å². The average molecular weight is 182 g/mol. The van der Waals surface area contributed by atoms with Crippen LogP contribution < -0.4 is 5.73 Å². The summed E-state index contributed by atoms with van der Waals surface area (Å²) in [4.78, 5) is 0. The SMILES string of the molecule is NC1C=CC(F)(Cl)C(Cl)=C1. The molecular weight excluding hydrogens is 176 g/mol. The molecule has 0 aromatic rings. The molecule has 1 aliphatic rings. The molecule has 2 N–H and O–H groups in total. The molecule has 0 heterocycles. The molecule has 56 valence electrons. The second kappa shape index (κ2) is 2.53. The Kier molecular flexibility index (Phi) is 2.04. The van der Waals surface area contributed by atoms with Crippen LogP contribution >= 0.6 is 23.2 Å². The summed E-state index contributed by atoms with van der Waals surface area (Å²) < 4.78 is 12.9. The molecule has 0 spiro atoms. The Morgan fingerprint density at radius 3 is 2.70 bits per heavy atom. The molecule has 10 heavy (non-hydrogen) atoms. The van der Waals surface area contributed by atoms with Gasteiger partial charge < -0.3 is 5.73 Å². The summed E-state index contributed by atoms with van der Waals surface area (Å²) in [6, 6.07) is -0.324. The van der Waals surface area contributed by atoms with E-state index < -0.39 is 5.13 Å². The molecule has 0 saturated carbocycles. The van der Waals surface area contributed by atoms with Crippen molar-refractivity contribution in [2.45, 2.75) is 11.2 Å². The van der Waals surface area contributed by atoms with E-state index in [1.165, 1.54) is 12.2 Å². The number of allylic oxidation sites excluding steroid dienone is 2. The van der Waals surface area contributed by atoms with Gasteiger partial charge in [0.2, 0.25) is 5.13 Å². The molecule has 1 aliphatic carbocycles. The maximum atomic E-state index is 12.9. The Morgan fingerprint density at radius 2 is 2.30 bits per heavy atom. The summed E-state index contributed by atoms with van der Waals surface area (Å²) in [6.45, 7) is 0. The van der Waals surface area contributed by atoms with Gasteiger partial charge in [-0.2, -0.15) is 0 Å². The third kappa shape index (κ3) is 1.51. The van der Waals surface area contributed by atoms with E-state index in [1.807, 2.05) is 0 Å². The molecule has 0 aromatic carbocycles. The fourth-order valence-electron chi connectivity index (χ4n) is 0.647. The summed E-state index contributed by atoms with van der Waals surface area (Å²) in [5, 5.41) is -2.11. The second-order valence-electron chi connectivity index (χ2n) is 2.07. The number of halogens is 3. The van der Waals surface area contributed by atoms with Gasteiger partial charge in [-0.25, -0.2) is 4.39 Å². The predicted octanol–water partition coefficient (Wildman–Crippen LogP) is 1.91. The number of rotatable bonds is 0. The number of hydrogen-bond acceptors (Lipinski definition) is 1. The highest BCUT2D eigenvalue weighted by Crippen LogP contribution is 2.34. The van der Waals surface area contributed by atoms with Gasteiger partial charge in [0.1, 0.15) is 0 Å². The number of nitrogens with two attached hydrogens (primary N) is 1. The molecule has 0 bridgehead atoms. The highest BCUT2D eigenvalue weighted by atomic mass is 35.5. The van der Waals surface area contributed by atoms with Gasteiger partial charge in [-0.05, 0) is 12.2 Å². The van der Waals surface area contributed by atoms with Gasteiger partial charge in [0.15, 0.2) is 0 Å². The van der Waals surface area contributed by atoms with Crippen molar-refractivity contribution >= 4 is 23.2 Å². The number of alkyl halides is 2. The summed E-state index contributed by atoms with van der Waals surface area (Å²) in [5.74, 6) is 0. The molecule has 0 fully saturated rings. The summed E-state index contributed by atoms with van der Waals surface area (Å²) in [7, 11) is 0. The van der Waals surface area contributed by atoms with Crippen LogP contribution in [0.4, 0.5) is 4.39 Å².